The van der Waals surface area contributed by atoms with Crippen molar-refractivity contribution in [3.8, 4) is 22.9 Å². The summed E-state index contributed by atoms with van der Waals surface area (Å²) in [6.45, 7) is 3.97. The number of rotatable bonds is 3. The van der Waals surface area contributed by atoms with Crippen molar-refractivity contribution in [2.24, 2.45) is 0 Å². The van der Waals surface area contributed by atoms with Gasteiger partial charge in [0.1, 0.15) is 5.82 Å². The maximum absolute atomic E-state index is 12.0. The monoisotopic (exact) mass is 386 g/mol. The van der Waals surface area contributed by atoms with E-state index >= 15 is 0 Å². The molecule has 0 unspecified atom stereocenters. The van der Waals surface area contributed by atoms with Crippen LogP contribution in [0.2, 0.25) is 0 Å². The van der Waals surface area contributed by atoms with Gasteiger partial charge in [0.2, 0.25) is 0 Å². The summed E-state index contributed by atoms with van der Waals surface area (Å²) >= 11 is 2.00. The van der Waals surface area contributed by atoms with Gasteiger partial charge >= 0.3 is 0 Å². The third kappa shape index (κ3) is 2.79. The van der Waals surface area contributed by atoms with Gasteiger partial charge in [-0.05, 0) is 46.7 Å². The highest BCUT2D eigenvalue weighted by molar-refractivity contribution is 14.1. The molecule has 20 heavy (non-hydrogen) atoms. The van der Waals surface area contributed by atoms with Crippen LogP contribution in [0.25, 0.3) is 11.4 Å². The summed E-state index contributed by atoms with van der Waals surface area (Å²) in [5.74, 6) is 0.981. The Morgan fingerprint density at radius 1 is 1.40 bits per heavy atom. The van der Waals surface area contributed by atoms with E-state index in [-0.39, 0.29) is 17.2 Å². The number of phenolic OH excluding ortho intramolecular Hbond substituents is 1. The first-order valence-corrected chi connectivity index (χ1v) is 7.19. The molecule has 0 spiro atoms. The molecule has 106 valence electrons. The molecule has 0 bridgehead atoms. The lowest BCUT2D eigenvalue weighted by atomic mass is 10.1. The molecular formula is C14H15IN2O3. The number of benzene rings is 1. The Hall–Kier alpha value is -1.57. The Morgan fingerprint density at radius 3 is 2.65 bits per heavy atom. The molecule has 1 aromatic carbocycles. The van der Waals surface area contributed by atoms with Crippen LogP contribution in [0.4, 0.5) is 0 Å². The summed E-state index contributed by atoms with van der Waals surface area (Å²) in [7, 11) is 1.48. The quantitative estimate of drug-likeness (QED) is 0.796. The molecule has 5 nitrogen and oxygen atoms in total. The Bertz CT molecular complexity index is 695. The summed E-state index contributed by atoms with van der Waals surface area (Å²) in [6, 6.07) is 4.90. The van der Waals surface area contributed by atoms with E-state index in [0.29, 0.717) is 20.7 Å². The molecule has 0 aliphatic carbocycles. The summed E-state index contributed by atoms with van der Waals surface area (Å²) in [4.78, 5) is 19.2. The van der Waals surface area contributed by atoms with Crippen molar-refractivity contribution in [2.45, 2.75) is 19.8 Å². The summed E-state index contributed by atoms with van der Waals surface area (Å²) in [5, 5.41) is 9.81. The maximum Gasteiger partial charge on any atom is 0.264 e. The van der Waals surface area contributed by atoms with Gasteiger partial charge in [-0.25, -0.2) is 4.98 Å². The van der Waals surface area contributed by atoms with Crippen LogP contribution >= 0.6 is 22.6 Å². The zero-order valence-electron chi connectivity index (χ0n) is 11.4. The number of nitrogens with zero attached hydrogens (tertiary/aromatic N) is 1. The number of hydrogen-bond donors (Lipinski definition) is 2. The minimum absolute atomic E-state index is 0.0114. The summed E-state index contributed by atoms with van der Waals surface area (Å²) < 4.78 is 5.59. The third-order valence-electron chi connectivity index (χ3n) is 2.89. The normalized spacial score (nSPS) is 10.8. The van der Waals surface area contributed by atoms with E-state index in [9.17, 15) is 9.90 Å². The average Bonchev–Trinajstić information content (AvgIpc) is 2.41. The van der Waals surface area contributed by atoms with Crippen molar-refractivity contribution < 1.29 is 9.84 Å². The number of methoxy groups -OCH3 is 1. The molecule has 2 N–H and O–H groups in total. The minimum Gasteiger partial charge on any atom is -0.504 e. The molecule has 1 aromatic heterocycles. The lowest BCUT2D eigenvalue weighted by Gasteiger charge is -2.10. The van der Waals surface area contributed by atoms with Gasteiger partial charge < -0.3 is 14.8 Å². The molecule has 6 heteroatoms. The first kappa shape index (κ1) is 14.8. The zero-order chi connectivity index (χ0) is 14.9. The molecular weight excluding hydrogens is 371 g/mol. The molecule has 0 fully saturated rings. The van der Waals surface area contributed by atoms with Crippen molar-refractivity contribution in [1.82, 2.24) is 9.97 Å². The molecule has 0 saturated heterocycles. The van der Waals surface area contributed by atoms with Crippen LogP contribution in [0.5, 0.6) is 11.5 Å². The first-order chi connectivity index (χ1) is 9.43. The fourth-order valence-electron chi connectivity index (χ4n) is 1.83. The molecule has 1 heterocycles. The van der Waals surface area contributed by atoms with Crippen LogP contribution in [-0.2, 0) is 0 Å². The fourth-order valence-corrected chi connectivity index (χ4v) is 2.71. The van der Waals surface area contributed by atoms with E-state index in [2.05, 4.69) is 9.97 Å². The number of aromatic amines is 1. The number of aromatic nitrogens is 2. The maximum atomic E-state index is 12.0. The van der Waals surface area contributed by atoms with Gasteiger partial charge in [0.15, 0.2) is 11.5 Å². The fraction of sp³-hybridized carbons (Fsp3) is 0.286. The largest absolute Gasteiger partial charge is 0.504 e. The second-order valence-electron chi connectivity index (χ2n) is 4.66. The van der Waals surface area contributed by atoms with E-state index < -0.39 is 0 Å². The highest BCUT2D eigenvalue weighted by Gasteiger charge is 2.14. The van der Waals surface area contributed by atoms with Crippen LogP contribution in [-0.4, -0.2) is 22.2 Å². The van der Waals surface area contributed by atoms with Gasteiger partial charge in [-0.2, -0.15) is 0 Å². The van der Waals surface area contributed by atoms with E-state index in [1.807, 2.05) is 36.4 Å². The zero-order valence-corrected chi connectivity index (χ0v) is 13.6. The van der Waals surface area contributed by atoms with Gasteiger partial charge in [0.25, 0.3) is 5.56 Å². The first-order valence-electron chi connectivity index (χ1n) is 6.11. The van der Waals surface area contributed by atoms with Crippen LogP contribution in [0.15, 0.2) is 23.0 Å². The van der Waals surface area contributed by atoms with Gasteiger partial charge in [-0.15, -0.1) is 0 Å². The molecule has 0 aliphatic heterocycles. The van der Waals surface area contributed by atoms with Crippen molar-refractivity contribution in [1.29, 1.82) is 0 Å². The van der Waals surface area contributed by atoms with E-state index in [4.69, 9.17) is 4.74 Å². The number of ether oxygens (including phenoxy) is 1. The highest BCUT2D eigenvalue weighted by atomic mass is 127. The lowest BCUT2D eigenvalue weighted by Crippen LogP contribution is -2.17. The number of nitrogens with one attached hydrogen (secondary N) is 1. The molecule has 0 radical (unpaired) electrons. The smallest absolute Gasteiger partial charge is 0.264 e. The molecule has 0 amide bonds. The Kier molecular flexibility index (Phi) is 4.32. The van der Waals surface area contributed by atoms with Crippen LogP contribution in [0, 0.1) is 3.57 Å². The molecule has 0 aliphatic rings. The summed E-state index contributed by atoms with van der Waals surface area (Å²) in [5.41, 5.74) is 1.22. The highest BCUT2D eigenvalue weighted by Crippen LogP contribution is 2.30. The Labute approximate surface area is 130 Å². The molecule has 0 saturated carbocycles. The average molecular weight is 386 g/mol. The SMILES string of the molecule is COc1ccc(-c2nc(C(C)C)c(I)c(=O)[nH]2)cc1O. The van der Waals surface area contributed by atoms with Gasteiger partial charge in [-0.1, -0.05) is 13.8 Å². The van der Waals surface area contributed by atoms with Crippen molar-refractivity contribution in [2.75, 3.05) is 7.11 Å². The standard InChI is InChI=1S/C14H15IN2O3/c1-7(2)12-11(15)14(19)17-13(16-12)8-4-5-10(20-3)9(18)6-8/h4-7,18H,1-3H3,(H,16,17,19). The predicted octanol–water partition coefficient (Wildman–Crippen LogP) is 2.88. The van der Waals surface area contributed by atoms with Crippen molar-refractivity contribution in [3.05, 3.63) is 37.8 Å². The Balaban J connectivity index is 2.58. The number of aromatic hydroxyl groups is 1. The van der Waals surface area contributed by atoms with Gasteiger partial charge in [0, 0.05) is 5.56 Å². The van der Waals surface area contributed by atoms with Gasteiger partial charge in [-0.3, -0.25) is 4.79 Å². The minimum atomic E-state index is -0.172. The number of hydrogen-bond acceptors (Lipinski definition) is 4. The lowest BCUT2D eigenvalue weighted by molar-refractivity contribution is 0.373. The number of phenols is 1. The third-order valence-corrected chi connectivity index (χ3v) is 3.93. The second kappa shape index (κ2) is 5.82. The van der Waals surface area contributed by atoms with Crippen molar-refractivity contribution >= 4 is 22.6 Å². The van der Waals surface area contributed by atoms with E-state index in [0.717, 1.165) is 5.69 Å². The number of H-pyrrole nitrogens is 1. The molecule has 0 atom stereocenters. The number of halogens is 1. The van der Waals surface area contributed by atoms with Crippen molar-refractivity contribution in [3.63, 3.8) is 0 Å². The van der Waals surface area contributed by atoms with Crippen LogP contribution in [0.3, 0.4) is 0 Å². The van der Waals surface area contributed by atoms with Crippen LogP contribution < -0.4 is 10.3 Å². The molecule has 2 rings (SSSR count). The second-order valence-corrected chi connectivity index (χ2v) is 5.73. The Morgan fingerprint density at radius 2 is 2.10 bits per heavy atom. The van der Waals surface area contributed by atoms with Gasteiger partial charge in [0.05, 0.1) is 16.4 Å². The van der Waals surface area contributed by atoms with E-state index in [1.165, 1.54) is 13.2 Å². The van der Waals surface area contributed by atoms with Crippen LogP contribution in [0.1, 0.15) is 25.5 Å². The predicted molar refractivity (Wildman–Crippen MR) is 85.3 cm³/mol. The topological polar surface area (TPSA) is 75.2 Å². The summed E-state index contributed by atoms with van der Waals surface area (Å²) in [6.07, 6.45) is 0. The molecule has 2 aromatic rings. The van der Waals surface area contributed by atoms with E-state index in [1.54, 1.807) is 12.1 Å².